The number of amides is 2. The molecule has 13 nitrogen and oxygen atoms in total. The maximum absolute atomic E-state index is 11.3. The van der Waals surface area contributed by atoms with Gasteiger partial charge in [-0.2, -0.15) is 0 Å². The number of ether oxygens (including phenoxy) is 1. The van der Waals surface area contributed by atoms with E-state index in [1.807, 2.05) is 0 Å². The van der Waals surface area contributed by atoms with Crippen molar-refractivity contribution in [1.82, 2.24) is 14.5 Å². The van der Waals surface area contributed by atoms with E-state index in [2.05, 4.69) is 9.98 Å². The molecule has 3 rings (SSSR count). The normalized spacial score (nSPS) is 32.5. The molecule has 2 aliphatic rings. The molecule has 2 aliphatic heterocycles. The highest BCUT2D eigenvalue weighted by Crippen LogP contribution is 2.37. The summed E-state index contributed by atoms with van der Waals surface area (Å²) in [5.74, 6) is -1.48. The van der Waals surface area contributed by atoms with Crippen LogP contribution in [0, 0.1) is 0 Å². The highest BCUT2D eigenvalue weighted by molar-refractivity contribution is 5.87. The monoisotopic (exact) mass is 356 g/mol. The summed E-state index contributed by atoms with van der Waals surface area (Å²) in [6, 6.07) is -0.839. The summed E-state index contributed by atoms with van der Waals surface area (Å²) in [6.07, 6.45) is -6.82. The fraction of sp³-hybridized carbons (Fsp3) is 0.500. The Bertz CT molecular complexity index is 736. The molecule has 13 heteroatoms. The Morgan fingerprint density at radius 2 is 2.00 bits per heavy atom. The number of rotatable bonds is 3. The average Bonchev–Trinajstić information content (AvgIpc) is 3.10. The van der Waals surface area contributed by atoms with Crippen LogP contribution in [0.4, 0.5) is 10.6 Å². The summed E-state index contributed by atoms with van der Waals surface area (Å²) in [5, 5.41) is 38.5. The van der Waals surface area contributed by atoms with E-state index in [-0.39, 0.29) is 11.5 Å². The molecule has 0 bridgehead atoms. The van der Waals surface area contributed by atoms with E-state index in [1.165, 1.54) is 10.9 Å². The molecule has 0 saturated carbocycles. The molecule has 0 aromatic carbocycles. The number of aliphatic hydroxyl groups excluding tert-OH is 3. The van der Waals surface area contributed by atoms with Crippen LogP contribution in [0.1, 0.15) is 18.1 Å². The molecule has 0 radical (unpaired) electrons. The number of primary amides is 1. The van der Waals surface area contributed by atoms with Crippen LogP contribution in [-0.4, -0.2) is 77.6 Å². The smallest absolute Gasteiger partial charge is 0.335 e. The number of aliphatic carboxylic acids is 1. The van der Waals surface area contributed by atoms with Crippen LogP contribution in [-0.2, 0) is 9.53 Å². The molecule has 6 atom stereocenters. The number of imidazole rings is 1. The molecule has 25 heavy (non-hydrogen) atoms. The van der Waals surface area contributed by atoms with Crippen molar-refractivity contribution in [3.8, 4) is 0 Å². The fourth-order valence-corrected chi connectivity index (χ4v) is 2.73. The third kappa shape index (κ3) is 2.63. The lowest BCUT2D eigenvalue weighted by atomic mass is 10.1. The number of carbonyl (C=O) groups excluding carboxylic acids is 1. The van der Waals surface area contributed by atoms with Crippen molar-refractivity contribution in [2.45, 2.75) is 36.8 Å². The number of nitrogens with zero attached hydrogens (tertiary/aromatic N) is 4. The number of carbonyl (C=O) groups is 2. The number of hydrogen-bond donors (Lipinski definition) is 6. The Morgan fingerprint density at radius 3 is 2.60 bits per heavy atom. The summed E-state index contributed by atoms with van der Waals surface area (Å²) in [6.45, 7) is 0. The lowest BCUT2D eigenvalue weighted by Gasteiger charge is -2.26. The third-order valence-corrected chi connectivity index (χ3v) is 4.05. The van der Waals surface area contributed by atoms with Gasteiger partial charge >= 0.3 is 12.0 Å². The predicted octanol–water partition coefficient (Wildman–Crippen LogP) is -3.04. The number of carboxylic acids is 1. The van der Waals surface area contributed by atoms with Gasteiger partial charge in [-0.1, -0.05) is 0 Å². The number of aliphatic hydroxyl groups is 3. The highest BCUT2D eigenvalue weighted by Gasteiger charge is 2.49. The van der Waals surface area contributed by atoms with Crippen LogP contribution in [0.3, 0.4) is 0 Å². The van der Waals surface area contributed by atoms with Gasteiger partial charge in [-0.3, -0.25) is 9.47 Å². The van der Waals surface area contributed by atoms with E-state index >= 15 is 0 Å². The van der Waals surface area contributed by atoms with Gasteiger partial charge in [-0.05, 0) is 0 Å². The van der Waals surface area contributed by atoms with Crippen LogP contribution in [0.2, 0.25) is 0 Å². The Kier molecular flexibility index (Phi) is 4.18. The molecule has 1 fully saturated rings. The molecule has 0 spiro atoms. The molecule has 1 saturated heterocycles. The summed E-state index contributed by atoms with van der Waals surface area (Å²) >= 11 is 0. The molecular formula is C12H16N6O7. The van der Waals surface area contributed by atoms with Gasteiger partial charge in [0.15, 0.2) is 18.1 Å². The zero-order valence-electron chi connectivity index (χ0n) is 12.6. The molecule has 1 aromatic heterocycles. The second-order valence-electron chi connectivity index (χ2n) is 5.55. The number of carboxylic acid groups (broad SMARTS) is 1. The van der Waals surface area contributed by atoms with Crippen LogP contribution in [0.15, 0.2) is 11.3 Å². The topological polar surface area (TPSA) is 210 Å². The number of aliphatic imine (C=N–C) groups is 1. The minimum absolute atomic E-state index is 0.131. The van der Waals surface area contributed by atoms with Crippen molar-refractivity contribution in [2.24, 2.45) is 16.5 Å². The first kappa shape index (κ1) is 17.2. The fourth-order valence-electron chi connectivity index (χ4n) is 2.73. The molecule has 8 N–H and O–H groups in total. The summed E-state index contributed by atoms with van der Waals surface area (Å²) in [5.41, 5.74) is 11.2. The minimum Gasteiger partial charge on any atom is -0.479 e. The maximum atomic E-state index is 11.3. The zero-order valence-corrected chi connectivity index (χ0v) is 12.6. The van der Waals surface area contributed by atoms with Crippen LogP contribution >= 0.6 is 0 Å². The Balaban J connectivity index is 1.91. The van der Waals surface area contributed by atoms with E-state index in [0.29, 0.717) is 0 Å². The molecular weight excluding hydrogens is 340 g/mol. The Labute approximate surface area is 139 Å². The van der Waals surface area contributed by atoms with Gasteiger partial charge in [0.25, 0.3) is 0 Å². The second-order valence-corrected chi connectivity index (χ2v) is 5.55. The lowest BCUT2D eigenvalue weighted by molar-refractivity contribution is -0.160. The van der Waals surface area contributed by atoms with Crippen molar-refractivity contribution in [1.29, 1.82) is 0 Å². The number of nitrogens with two attached hydrogens (primary N) is 2. The van der Waals surface area contributed by atoms with Gasteiger partial charge in [-0.15, -0.1) is 0 Å². The SMILES string of the molecule is NC(=O)N1C=Nc2c(ncn2[C@@H]2O[C@H](C(O)C(=O)O)C(O)C2O)C1N. The second kappa shape index (κ2) is 6.05. The highest BCUT2D eigenvalue weighted by atomic mass is 16.6. The van der Waals surface area contributed by atoms with Crippen LogP contribution < -0.4 is 11.5 Å². The largest absolute Gasteiger partial charge is 0.479 e. The lowest BCUT2D eigenvalue weighted by Crippen LogP contribution is -2.43. The first-order chi connectivity index (χ1) is 11.7. The quantitative estimate of drug-likeness (QED) is 0.324. The van der Waals surface area contributed by atoms with Gasteiger partial charge in [0, 0.05) is 0 Å². The maximum Gasteiger partial charge on any atom is 0.335 e. The molecule has 2 amide bonds. The van der Waals surface area contributed by atoms with Crippen molar-refractivity contribution < 1.29 is 34.8 Å². The van der Waals surface area contributed by atoms with Gasteiger partial charge in [0.05, 0.1) is 6.33 Å². The van der Waals surface area contributed by atoms with Gasteiger partial charge in [0.1, 0.15) is 36.5 Å². The van der Waals surface area contributed by atoms with E-state index in [1.54, 1.807) is 0 Å². The van der Waals surface area contributed by atoms with Crippen LogP contribution in [0.5, 0.6) is 0 Å². The minimum atomic E-state index is -2.04. The van der Waals surface area contributed by atoms with E-state index < -0.39 is 48.8 Å². The van der Waals surface area contributed by atoms with Crippen molar-refractivity contribution in [2.75, 3.05) is 0 Å². The third-order valence-electron chi connectivity index (χ3n) is 4.05. The van der Waals surface area contributed by atoms with Crippen molar-refractivity contribution in [3.05, 3.63) is 12.0 Å². The average molecular weight is 356 g/mol. The molecule has 0 aliphatic carbocycles. The number of urea groups is 1. The molecule has 3 heterocycles. The predicted molar refractivity (Wildman–Crippen MR) is 78.3 cm³/mol. The molecule has 4 unspecified atom stereocenters. The summed E-state index contributed by atoms with van der Waals surface area (Å²) in [7, 11) is 0. The number of fused-ring (bicyclic) bond motifs is 1. The number of aromatic nitrogens is 2. The van der Waals surface area contributed by atoms with E-state index in [4.69, 9.17) is 21.3 Å². The van der Waals surface area contributed by atoms with Crippen LogP contribution in [0.25, 0.3) is 0 Å². The van der Waals surface area contributed by atoms with Gasteiger partial charge in [0.2, 0.25) is 0 Å². The Morgan fingerprint density at radius 1 is 1.32 bits per heavy atom. The van der Waals surface area contributed by atoms with Gasteiger partial charge in [-0.25, -0.2) is 19.6 Å². The first-order valence-corrected chi connectivity index (χ1v) is 7.10. The first-order valence-electron chi connectivity index (χ1n) is 7.10. The molecule has 1 aromatic rings. The van der Waals surface area contributed by atoms with Crippen molar-refractivity contribution in [3.63, 3.8) is 0 Å². The van der Waals surface area contributed by atoms with Crippen molar-refractivity contribution >= 4 is 24.2 Å². The summed E-state index contributed by atoms with van der Waals surface area (Å²) < 4.78 is 6.52. The number of hydrogen-bond acceptors (Lipinski definition) is 9. The van der Waals surface area contributed by atoms with Gasteiger partial charge < -0.3 is 36.6 Å². The van der Waals surface area contributed by atoms with E-state index in [0.717, 1.165) is 11.2 Å². The van der Waals surface area contributed by atoms with E-state index in [9.17, 15) is 24.9 Å². The standard InChI is InChI=1S/C12H16N6O7/c13-8-3-9(16-2-17(8)12(14)24)18(1-15-3)10-5(20)4(19)7(25-10)6(21)11(22)23/h1-2,4-8,10,19-21H,13H2,(H2,14,24)(H,22,23)/t4?,5?,6?,7-,8?,10+/m0/s1. The molecule has 136 valence electrons. The Hall–Kier alpha value is -2.58. The zero-order chi connectivity index (χ0) is 18.5. The summed E-state index contributed by atoms with van der Waals surface area (Å²) in [4.78, 5) is 31.1.